The average Bonchev–Trinajstić information content (AvgIpc) is 2.53. The number of aryl methyl sites for hydroxylation is 2. The third-order valence-electron chi connectivity index (χ3n) is 4.22. The van der Waals surface area contributed by atoms with Gasteiger partial charge < -0.3 is 5.73 Å². The molecule has 2 aromatic rings. The first kappa shape index (κ1) is 18.6. The van der Waals surface area contributed by atoms with Crippen LogP contribution in [0.3, 0.4) is 0 Å². The van der Waals surface area contributed by atoms with Crippen molar-refractivity contribution in [2.75, 3.05) is 0 Å². The van der Waals surface area contributed by atoms with Crippen molar-refractivity contribution in [1.29, 1.82) is 0 Å². The Kier molecular flexibility index (Phi) is 6.14. The summed E-state index contributed by atoms with van der Waals surface area (Å²) in [4.78, 5) is 16.7. The molecular formula is C20H25ClN2O. The fourth-order valence-corrected chi connectivity index (χ4v) is 3.27. The van der Waals surface area contributed by atoms with Gasteiger partial charge in [-0.05, 0) is 54.0 Å². The van der Waals surface area contributed by atoms with E-state index in [-0.39, 0.29) is 0 Å². The number of aromatic nitrogens is 1. The predicted molar refractivity (Wildman–Crippen MR) is 100 cm³/mol. The van der Waals surface area contributed by atoms with Crippen molar-refractivity contribution < 1.29 is 4.79 Å². The molecule has 0 aliphatic carbocycles. The van der Waals surface area contributed by atoms with Crippen molar-refractivity contribution >= 4 is 16.8 Å². The molecule has 0 saturated heterocycles. The van der Waals surface area contributed by atoms with Gasteiger partial charge in [0.2, 0.25) is 0 Å². The Bertz CT molecular complexity index is 736. The van der Waals surface area contributed by atoms with Crippen LogP contribution in [0.25, 0.3) is 11.1 Å². The average molecular weight is 345 g/mol. The van der Waals surface area contributed by atoms with Gasteiger partial charge in [0.05, 0.1) is 11.3 Å². The van der Waals surface area contributed by atoms with Gasteiger partial charge in [0.15, 0.2) is 0 Å². The quantitative estimate of drug-likeness (QED) is 0.775. The van der Waals surface area contributed by atoms with E-state index in [1.165, 1.54) is 5.56 Å². The van der Waals surface area contributed by atoms with Gasteiger partial charge >= 0.3 is 0 Å². The fourth-order valence-electron chi connectivity index (χ4n) is 3.04. The molecule has 24 heavy (non-hydrogen) atoms. The third kappa shape index (κ3) is 3.85. The Morgan fingerprint density at radius 3 is 2.33 bits per heavy atom. The lowest BCUT2D eigenvalue weighted by Gasteiger charge is -2.19. The SMILES string of the molecule is CCc1ccc(-c2c(CN)c(CC(C)C)nc(C)c2C(=O)Cl)cc1. The molecular weight excluding hydrogens is 320 g/mol. The van der Waals surface area contributed by atoms with Crippen LogP contribution in [0.1, 0.15) is 53.6 Å². The molecule has 0 saturated carbocycles. The summed E-state index contributed by atoms with van der Waals surface area (Å²) in [6.07, 6.45) is 1.80. The molecule has 0 aliphatic heterocycles. The number of pyridine rings is 1. The van der Waals surface area contributed by atoms with Gasteiger partial charge in [-0.3, -0.25) is 9.78 Å². The molecule has 0 aliphatic rings. The lowest BCUT2D eigenvalue weighted by atomic mass is 9.90. The van der Waals surface area contributed by atoms with Crippen LogP contribution in [0.5, 0.6) is 0 Å². The van der Waals surface area contributed by atoms with Gasteiger partial charge in [0, 0.05) is 17.8 Å². The second kappa shape index (κ2) is 7.91. The predicted octanol–water partition coefficient (Wildman–Crippen LogP) is 4.66. The van der Waals surface area contributed by atoms with Crippen molar-refractivity contribution in [3.8, 4) is 11.1 Å². The minimum Gasteiger partial charge on any atom is -0.326 e. The lowest BCUT2D eigenvalue weighted by molar-refractivity contribution is 0.108. The van der Waals surface area contributed by atoms with Crippen LogP contribution >= 0.6 is 11.6 Å². The molecule has 0 spiro atoms. The molecule has 0 amide bonds. The van der Waals surface area contributed by atoms with E-state index in [9.17, 15) is 4.79 Å². The molecule has 1 aromatic carbocycles. The Balaban J connectivity index is 2.76. The Hall–Kier alpha value is -1.71. The number of carbonyl (C=O) groups excluding carboxylic acids is 1. The van der Waals surface area contributed by atoms with Gasteiger partial charge in [-0.1, -0.05) is 45.0 Å². The van der Waals surface area contributed by atoms with E-state index in [2.05, 4.69) is 37.9 Å². The highest BCUT2D eigenvalue weighted by Gasteiger charge is 2.22. The normalized spacial score (nSPS) is 11.1. The molecule has 2 N–H and O–H groups in total. The van der Waals surface area contributed by atoms with Crippen molar-refractivity contribution in [2.24, 2.45) is 11.7 Å². The molecule has 0 atom stereocenters. The first-order valence-corrected chi connectivity index (χ1v) is 8.78. The smallest absolute Gasteiger partial charge is 0.254 e. The molecule has 1 aromatic heterocycles. The van der Waals surface area contributed by atoms with Crippen molar-refractivity contribution in [3.05, 3.63) is 52.3 Å². The topological polar surface area (TPSA) is 56.0 Å². The Morgan fingerprint density at radius 2 is 1.88 bits per heavy atom. The van der Waals surface area contributed by atoms with Gasteiger partial charge in [-0.2, -0.15) is 0 Å². The zero-order valence-corrected chi connectivity index (χ0v) is 15.6. The summed E-state index contributed by atoms with van der Waals surface area (Å²) in [7, 11) is 0. The summed E-state index contributed by atoms with van der Waals surface area (Å²) in [5, 5.41) is -0.486. The number of rotatable bonds is 6. The van der Waals surface area contributed by atoms with E-state index in [0.29, 0.717) is 23.7 Å². The number of hydrogen-bond acceptors (Lipinski definition) is 3. The minimum absolute atomic E-state index is 0.331. The number of benzene rings is 1. The summed E-state index contributed by atoms with van der Waals surface area (Å²) in [6.45, 7) is 8.58. The van der Waals surface area contributed by atoms with E-state index in [1.54, 1.807) is 0 Å². The van der Waals surface area contributed by atoms with Crippen LogP contribution in [0, 0.1) is 12.8 Å². The van der Waals surface area contributed by atoms with Crippen LogP contribution in [0.4, 0.5) is 0 Å². The second-order valence-electron chi connectivity index (χ2n) is 6.50. The molecule has 1 heterocycles. The zero-order chi connectivity index (χ0) is 17.9. The molecule has 0 bridgehead atoms. The number of nitrogens with zero attached hydrogens (tertiary/aromatic N) is 1. The van der Waals surface area contributed by atoms with E-state index < -0.39 is 5.24 Å². The Labute approximate surface area is 149 Å². The van der Waals surface area contributed by atoms with E-state index in [4.69, 9.17) is 17.3 Å². The maximum atomic E-state index is 12.1. The number of hydrogen-bond donors (Lipinski definition) is 1. The van der Waals surface area contributed by atoms with Crippen molar-refractivity contribution in [3.63, 3.8) is 0 Å². The van der Waals surface area contributed by atoms with Crippen LogP contribution < -0.4 is 5.73 Å². The number of nitrogens with two attached hydrogens (primary N) is 1. The molecule has 4 heteroatoms. The second-order valence-corrected chi connectivity index (χ2v) is 6.84. The van der Waals surface area contributed by atoms with Crippen molar-refractivity contribution in [2.45, 2.75) is 47.1 Å². The molecule has 0 unspecified atom stereocenters. The zero-order valence-electron chi connectivity index (χ0n) is 14.8. The summed E-state index contributed by atoms with van der Waals surface area (Å²) < 4.78 is 0. The van der Waals surface area contributed by atoms with Gasteiger partial charge in [0.1, 0.15) is 0 Å². The highest BCUT2D eigenvalue weighted by atomic mass is 35.5. The standard InChI is InChI=1S/C20H25ClN2O/c1-5-14-6-8-15(9-7-14)19-16(11-22)17(10-12(2)3)23-13(4)18(19)20(21)24/h6-9,12H,5,10-11,22H2,1-4H3. The summed E-state index contributed by atoms with van der Waals surface area (Å²) >= 11 is 5.89. The van der Waals surface area contributed by atoms with Crippen LogP contribution in [-0.2, 0) is 19.4 Å². The van der Waals surface area contributed by atoms with Crippen LogP contribution in [0.15, 0.2) is 24.3 Å². The summed E-state index contributed by atoms with van der Waals surface area (Å²) in [6, 6.07) is 8.23. The molecule has 3 nitrogen and oxygen atoms in total. The van der Waals surface area contributed by atoms with E-state index in [0.717, 1.165) is 35.2 Å². The first-order valence-electron chi connectivity index (χ1n) is 8.40. The van der Waals surface area contributed by atoms with E-state index in [1.807, 2.05) is 19.1 Å². The maximum absolute atomic E-state index is 12.1. The van der Waals surface area contributed by atoms with Gasteiger partial charge in [-0.25, -0.2) is 0 Å². The number of carbonyl (C=O) groups is 1. The Morgan fingerprint density at radius 1 is 1.25 bits per heavy atom. The lowest BCUT2D eigenvalue weighted by Crippen LogP contribution is -2.14. The molecule has 0 fully saturated rings. The maximum Gasteiger partial charge on any atom is 0.254 e. The third-order valence-corrected chi connectivity index (χ3v) is 4.41. The van der Waals surface area contributed by atoms with Gasteiger partial charge in [-0.15, -0.1) is 0 Å². The monoisotopic (exact) mass is 344 g/mol. The molecule has 128 valence electrons. The highest BCUT2D eigenvalue weighted by molar-refractivity contribution is 6.68. The first-order chi connectivity index (χ1) is 11.4. The molecule has 2 rings (SSSR count). The largest absolute Gasteiger partial charge is 0.326 e. The van der Waals surface area contributed by atoms with E-state index >= 15 is 0 Å². The fraction of sp³-hybridized carbons (Fsp3) is 0.400. The summed E-state index contributed by atoms with van der Waals surface area (Å²) in [5.74, 6) is 0.454. The van der Waals surface area contributed by atoms with Gasteiger partial charge in [0.25, 0.3) is 5.24 Å². The van der Waals surface area contributed by atoms with Crippen molar-refractivity contribution in [1.82, 2.24) is 4.98 Å². The number of halogens is 1. The van der Waals surface area contributed by atoms with Crippen LogP contribution in [-0.4, -0.2) is 10.2 Å². The molecule has 0 radical (unpaired) electrons. The summed E-state index contributed by atoms with van der Waals surface area (Å²) in [5.41, 5.74) is 12.1. The van der Waals surface area contributed by atoms with Crippen LogP contribution in [0.2, 0.25) is 0 Å². The minimum atomic E-state index is -0.486. The highest BCUT2D eigenvalue weighted by Crippen LogP contribution is 2.33.